The second-order valence-electron chi connectivity index (χ2n) is 2.70. The molecule has 0 saturated heterocycles. The van der Waals surface area contributed by atoms with Gasteiger partial charge in [0.2, 0.25) is 0 Å². The van der Waals surface area contributed by atoms with Crippen LogP contribution in [-0.4, -0.2) is 17.7 Å². The van der Waals surface area contributed by atoms with Crippen molar-refractivity contribution < 1.29 is 14.6 Å². The minimum absolute atomic E-state index is 0.336. The lowest BCUT2D eigenvalue weighted by Crippen LogP contribution is -2.15. The van der Waals surface area contributed by atoms with Crippen LogP contribution in [0.4, 0.5) is 0 Å². The Labute approximate surface area is 87.3 Å². The third kappa shape index (κ3) is 2.47. The standard InChI is InChI=1S/C10H11ClO3/c1-2-14-9(10(12)13)7-5-3-4-6-8(7)11/h3-6,9H,2H2,1H3,(H,12,13)/t9-/m1/s1. The van der Waals surface area contributed by atoms with Crippen LogP contribution < -0.4 is 0 Å². The maximum atomic E-state index is 10.9. The van der Waals surface area contributed by atoms with Crippen molar-refractivity contribution >= 4 is 17.6 Å². The van der Waals surface area contributed by atoms with Crippen LogP contribution in [0.1, 0.15) is 18.6 Å². The normalized spacial score (nSPS) is 12.4. The van der Waals surface area contributed by atoms with Gasteiger partial charge in [-0.05, 0) is 13.0 Å². The van der Waals surface area contributed by atoms with Gasteiger partial charge in [0, 0.05) is 17.2 Å². The fourth-order valence-corrected chi connectivity index (χ4v) is 1.38. The summed E-state index contributed by atoms with van der Waals surface area (Å²) in [4.78, 5) is 10.9. The third-order valence-electron chi connectivity index (χ3n) is 1.75. The van der Waals surface area contributed by atoms with Crippen LogP contribution in [0.5, 0.6) is 0 Å². The number of halogens is 1. The van der Waals surface area contributed by atoms with E-state index in [0.717, 1.165) is 0 Å². The molecule has 0 bridgehead atoms. The molecule has 0 amide bonds. The first-order valence-electron chi connectivity index (χ1n) is 4.25. The molecule has 0 aliphatic carbocycles. The molecule has 0 fully saturated rings. The number of hydrogen-bond acceptors (Lipinski definition) is 2. The summed E-state index contributed by atoms with van der Waals surface area (Å²) in [6.45, 7) is 2.08. The zero-order valence-corrected chi connectivity index (χ0v) is 8.49. The fourth-order valence-electron chi connectivity index (χ4n) is 1.15. The highest BCUT2D eigenvalue weighted by molar-refractivity contribution is 6.31. The number of carboxylic acids is 1. The van der Waals surface area contributed by atoms with Crippen molar-refractivity contribution in [3.05, 3.63) is 34.9 Å². The summed E-state index contributed by atoms with van der Waals surface area (Å²) in [5.74, 6) is -1.03. The maximum absolute atomic E-state index is 10.9. The highest BCUT2D eigenvalue weighted by Gasteiger charge is 2.21. The second kappa shape index (κ2) is 4.98. The van der Waals surface area contributed by atoms with Crippen molar-refractivity contribution in [2.24, 2.45) is 0 Å². The molecular weight excluding hydrogens is 204 g/mol. The van der Waals surface area contributed by atoms with Crippen LogP contribution in [0, 0.1) is 0 Å². The maximum Gasteiger partial charge on any atom is 0.337 e. The van der Waals surface area contributed by atoms with Gasteiger partial charge < -0.3 is 9.84 Å². The molecule has 4 heteroatoms. The Bertz CT molecular complexity index is 325. The van der Waals surface area contributed by atoms with Crippen LogP contribution in [0.15, 0.2) is 24.3 Å². The second-order valence-corrected chi connectivity index (χ2v) is 3.10. The molecule has 0 aliphatic heterocycles. The molecule has 1 aromatic carbocycles. The molecule has 14 heavy (non-hydrogen) atoms. The van der Waals surface area contributed by atoms with Gasteiger partial charge in [0.05, 0.1) is 0 Å². The molecule has 0 heterocycles. The van der Waals surface area contributed by atoms with E-state index in [1.165, 1.54) is 0 Å². The van der Waals surface area contributed by atoms with E-state index in [-0.39, 0.29) is 0 Å². The Morgan fingerprint density at radius 1 is 1.57 bits per heavy atom. The first kappa shape index (κ1) is 11.0. The number of hydrogen-bond donors (Lipinski definition) is 1. The summed E-state index contributed by atoms with van der Waals surface area (Å²) in [5.41, 5.74) is 0.489. The summed E-state index contributed by atoms with van der Waals surface area (Å²) in [6, 6.07) is 6.77. The minimum Gasteiger partial charge on any atom is -0.479 e. The highest BCUT2D eigenvalue weighted by Crippen LogP contribution is 2.25. The van der Waals surface area contributed by atoms with Gasteiger partial charge in [0.25, 0.3) is 0 Å². The summed E-state index contributed by atoms with van der Waals surface area (Å²) in [7, 11) is 0. The fraction of sp³-hybridized carbons (Fsp3) is 0.300. The Morgan fingerprint density at radius 2 is 2.21 bits per heavy atom. The van der Waals surface area contributed by atoms with Gasteiger partial charge in [-0.2, -0.15) is 0 Å². The lowest BCUT2D eigenvalue weighted by Gasteiger charge is -2.13. The Hall–Kier alpha value is -1.06. The van der Waals surface area contributed by atoms with Gasteiger partial charge in [-0.15, -0.1) is 0 Å². The van der Waals surface area contributed by atoms with Crippen molar-refractivity contribution in [1.82, 2.24) is 0 Å². The topological polar surface area (TPSA) is 46.5 Å². The van der Waals surface area contributed by atoms with E-state index in [0.29, 0.717) is 17.2 Å². The van der Waals surface area contributed by atoms with Crippen LogP contribution >= 0.6 is 11.6 Å². The van der Waals surface area contributed by atoms with E-state index in [9.17, 15) is 4.79 Å². The first-order valence-corrected chi connectivity index (χ1v) is 4.63. The molecule has 0 aromatic heterocycles. The summed E-state index contributed by atoms with van der Waals surface area (Å²) >= 11 is 5.86. The third-order valence-corrected chi connectivity index (χ3v) is 2.09. The van der Waals surface area contributed by atoms with Gasteiger partial charge in [-0.3, -0.25) is 0 Å². The molecule has 1 atom stereocenters. The number of benzene rings is 1. The van der Waals surface area contributed by atoms with Crippen molar-refractivity contribution in [3.8, 4) is 0 Å². The quantitative estimate of drug-likeness (QED) is 0.838. The molecule has 76 valence electrons. The average molecular weight is 215 g/mol. The highest BCUT2D eigenvalue weighted by atomic mass is 35.5. The Balaban J connectivity index is 2.99. The predicted molar refractivity (Wildman–Crippen MR) is 53.5 cm³/mol. The van der Waals surface area contributed by atoms with Gasteiger partial charge in [0.15, 0.2) is 6.10 Å². The van der Waals surface area contributed by atoms with Gasteiger partial charge in [0.1, 0.15) is 0 Å². The molecule has 1 aromatic rings. The largest absolute Gasteiger partial charge is 0.479 e. The van der Waals surface area contributed by atoms with Crippen molar-refractivity contribution in [2.75, 3.05) is 6.61 Å². The number of ether oxygens (including phenoxy) is 1. The van der Waals surface area contributed by atoms with Crippen LogP contribution in [-0.2, 0) is 9.53 Å². The zero-order chi connectivity index (χ0) is 10.6. The van der Waals surface area contributed by atoms with Crippen molar-refractivity contribution in [3.63, 3.8) is 0 Å². The molecule has 0 saturated carbocycles. The van der Waals surface area contributed by atoms with Crippen LogP contribution in [0.3, 0.4) is 0 Å². The number of rotatable bonds is 4. The lowest BCUT2D eigenvalue weighted by molar-refractivity contribution is -0.150. The molecule has 3 nitrogen and oxygen atoms in total. The van der Waals surface area contributed by atoms with Gasteiger partial charge in [-0.25, -0.2) is 4.79 Å². The number of carboxylic acid groups (broad SMARTS) is 1. The molecule has 1 N–H and O–H groups in total. The molecule has 0 unspecified atom stereocenters. The zero-order valence-electron chi connectivity index (χ0n) is 7.74. The molecule has 0 aliphatic rings. The van der Waals surface area contributed by atoms with E-state index in [2.05, 4.69) is 0 Å². The minimum atomic E-state index is -1.03. The predicted octanol–water partition coefficient (Wildman–Crippen LogP) is 2.50. The van der Waals surface area contributed by atoms with Crippen LogP contribution in [0.25, 0.3) is 0 Å². The Morgan fingerprint density at radius 3 is 2.71 bits per heavy atom. The molecule has 0 spiro atoms. The lowest BCUT2D eigenvalue weighted by atomic mass is 10.1. The van der Waals surface area contributed by atoms with E-state index in [1.54, 1.807) is 31.2 Å². The first-order chi connectivity index (χ1) is 6.66. The Kier molecular flexibility index (Phi) is 3.92. The summed E-state index contributed by atoms with van der Waals surface area (Å²) in [6.07, 6.45) is -0.978. The SMILES string of the molecule is CCO[C@@H](C(=O)O)c1ccccc1Cl. The van der Waals surface area contributed by atoms with Crippen molar-refractivity contribution in [2.45, 2.75) is 13.0 Å². The summed E-state index contributed by atoms with van der Waals surface area (Å²) < 4.78 is 5.09. The number of carbonyl (C=O) groups is 1. The van der Waals surface area contributed by atoms with E-state index >= 15 is 0 Å². The van der Waals surface area contributed by atoms with Crippen molar-refractivity contribution in [1.29, 1.82) is 0 Å². The van der Waals surface area contributed by atoms with E-state index < -0.39 is 12.1 Å². The number of aliphatic carboxylic acids is 1. The summed E-state index contributed by atoms with van der Waals surface area (Å²) in [5, 5.41) is 9.31. The molecular formula is C10H11ClO3. The van der Waals surface area contributed by atoms with Gasteiger partial charge in [-0.1, -0.05) is 29.8 Å². The molecule has 1 rings (SSSR count). The van der Waals surface area contributed by atoms with E-state index in [1.807, 2.05) is 0 Å². The van der Waals surface area contributed by atoms with Crippen LogP contribution in [0.2, 0.25) is 5.02 Å². The monoisotopic (exact) mass is 214 g/mol. The molecule has 0 radical (unpaired) electrons. The van der Waals surface area contributed by atoms with Gasteiger partial charge >= 0.3 is 5.97 Å². The average Bonchev–Trinajstić information content (AvgIpc) is 2.15. The smallest absolute Gasteiger partial charge is 0.337 e. The van der Waals surface area contributed by atoms with E-state index in [4.69, 9.17) is 21.4 Å².